The number of ether oxygens (including phenoxy) is 1. The van der Waals surface area contributed by atoms with E-state index < -0.39 is 6.10 Å². The lowest BCUT2D eigenvalue weighted by atomic mass is 10.1. The molecule has 0 spiro atoms. The molecule has 0 fully saturated rings. The van der Waals surface area contributed by atoms with Gasteiger partial charge in [0, 0.05) is 10.0 Å². The van der Waals surface area contributed by atoms with E-state index in [1.54, 1.807) is 6.07 Å². The molecule has 1 aliphatic heterocycles. The Hall–Kier alpha value is 0.0400. The molecule has 1 unspecified atom stereocenters. The molecular formula is C10H9BrCl2O2. The van der Waals surface area contributed by atoms with Crippen molar-refractivity contribution in [2.24, 2.45) is 0 Å². The number of hydrogen-bond acceptors (Lipinski definition) is 2. The Kier molecular flexibility index (Phi) is 3.45. The zero-order chi connectivity index (χ0) is 11.0. The molecule has 1 aromatic rings. The number of hydrogen-bond donors (Lipinski definition) is 1. The van der Waals surface area contributed by atoms with Gasteiger partial charge in [0.2, 0.25) is 0 Å². The summed E-state index contributed by atoms with van der Waals surface area (Å²) in [6, 6.07) is 1.68. The van der Waals surface area contributed by atoms with Crippen LogP contribution in [0.25, 0.3) is 0 Å². The van der Waals surface area contributed by atoms with Crippen LogP contribution in [0.1, 0.15) is 24.5 Å². The van der Waals surface area contributed by atoms with Crippen molar-refractivity contribution in [3.05, 3.63) is 26.1 Å². The first-order chi connectivity index (χ1) is 7.11. The fraction of sp³-hybridized carbons (Fsp3) is 0.400. The Labute approximate surface area is 106 Å². The molecule has 15 heavy (non-hydrogen) atoms. The predicted octanol–water partition coefficient (Wildman–Crippen LogP) is 3.96. The van der Waals surface area contributed by atoms with Gasteiger partial charge in [-0.25, -0.2) is 0 Å². The molecule has 1 atom stereocenters. The van der Waals surface area contributed by atoms with E-state index in [9.17, 15) is 5.11 Å². The number of fused-ring (bicyclic) bond motifs is 1. The first kappa shape index (κ1) is 11.5. The zero-order valence-electron chi connectivity index (χ0n) is 7.77. The van der Waals surface area contributed by atoms with Crippen LogP contribution in [-0.2, 0) is 0 Å². The van der Waals surface area contributed by atoms with Crippen LogP contribution < -0.4 is 4.74 Å². The Morgan fingerprint density at radius 3 is 2.93 bits per heavy atom. The number of rotatable bonds is 0. The summed E-state index contributed by atoms with van der Waals surface area (Å²) in [6.45, 7) is 0.557. The fourth-order valence-corrected chi connectivity index (χ4v) is 2.74. The highest BCUT2D eigenvalue weighted by atomic mass is 79.9. The molecule has 0 saturated carbocycles. The molecule has 82 valence electrons. The molecule has 0 bridgehead atoms. The van der Waals surface area contributed by atoms with Crippen molar-refractivity contribution in [2.75, 3.05) is 6.61 Å². The van der Waals surface area contributed by atoms with Gasteiger partial charge < -0.3 is 9.84 Å². The van der Waals surface area contributed by atoms with Gasteiger partial charge in [-0.1, -0.05) is 23.2 Å². The molecule has 0 aromatic heterocycles. The summed E-state index contributed by atoms with van der Waals surface area (Å²) in [7, 11) is 0. The molecule has 0 saturated heterocycles. The quantitative estimate of drug-likeness (QED) is 0.735. The topological polar surface area (TPSA) is 29.5 Å². The maximum absolute atomic E-state index is 9.93. The van der Waals surface area contributed by atoms with Crippen LogP contribution in [0, 0.1) is 0 Å². The number of benzene rings is 1. The summed E-state index contributed by atoms with van der Waals surface area (Å²) < 4.78 is 6.17. The average Bonchev–Trinajstić information content (AvgIpc) is 2.37. The second kappa shape index (κ2) is 4.50. The van der Waals surface area contributed by atoms with Crippen LogP contribution in [0.2, 0.25) is 10.0 Å². The summed E-state index contributed by atoms with van der Waals surface area (Å²) in [5.74, 6) is 0.509. The number of halogens is 3. The monoisotopic (exact) mass is 310 g/mol. The molecule has 2 nitrogen and oxygen atoms in total. The van der Waals surface area contributed by atoms with Crippen molar-refractivity contribution in [1.29, 1.82) is 0 Å². The van der Waals surface area contributed by atoms with E-state index in [4.69, 9.17) is 27.9 Å². The van der Waals surface area contributed by atoms with Crippen LogP contribution >= 0.6 is 39.1 Å². The van der Waals surface area contributed by atoms with E-state index >= 15 is 0 Å². The third kappa shape index (κ3) is 2.11. The van der Waals surface area contributed by atoms with Crippen LogP contribution in [-0.4, -0.2) is 11.7 Å². The molecule has 1 aromatic carbocycles. The molecule has 1 N–H and O–H groups in total. The lowest BCUT2D eigenvalue weighted by Crippen LogP contribution is -1.99. The minimum atomic E-state index is -0.606. The minimum Gasteiger partial charge on any atom is -0.492 e. The van der Waals surface area contributed by atoms with Gasteiger partial charge in [0.25, 0.3) is 0 Å². The van der Waals surface area contributed by atoms with Gasteiger partial charge in [-0.15, -0.1) is 0 Å². The van der Waals surface area contributed by atoms with E-state index in [-0.39, 0.29) is 0 Å². The molecule has 1 aliphatic rings. The first-order valence-corrected chi connectivity index (χ1v) is 6.14. The molecule has 1 heterocycles. The minimum absolute atomic E-state index is 0.474. The predicted molar refractivity (Wildman–Crippen MR) is 63.9 cm³/mol. The second-order valence-electron chi connectivity index (χ2n) is 3.40. The highest BCUT2D eigenvalue weighted by molar-refractivity contribution is 9.10. The molecule has 2 rings (SSSR count). The van der Waals surface area contributed by atoms with Crippen LogP contribution in [0.4, 0.5) is 0 Å². The molecular weight excluding hydrogens is 303 g/mol. The summed E-state index contributed by atoms with van der Waals surface area (Å²) in [5.41, 5.74) is 0.591. The molecule has 5 heteroatoms. The van der Waals surface area contributed by atoms with Crippen molar-refractivity contribution < 1.29 is 9.84 Å². The highest BCUT2D eigenvalue weighted by Crippen LogP contribution is 2.44. The first-order valence-electron chi connectivity index (χ1n) is 4.59. The van der Waals surface area contributed by atoms with Crippen LogP contribution in [0.3, 0.4) is 0 Å². The Bertz CT molecular complexity index is 395. The summed E-state index contributed by atoms with van der Waals surface area (Å²) in [6.07, 6.45) is 0.824. The maximum atomic E-state index is 9.93. The second-order valence-corrected chi connectivity index (χ2v) is 5.04. The number of aliphatic hydroxyl groups excluding tert-OH is 1. The standard InChI is InChI=1S/C10H9BrCl2O2/c11-5-4-6(12)10-8(9(5)13)7(14)2-1-3-15-10/h4,7,14H,1-3H2. The van der Waals surface area contributed by atoms with E-state index in [1.165, 1.54) is 0 Å². The van der Waals surface area contributed by atoms with Crippen LogP contribution in [0.5, 0.6) is 5.75 Å². The average molecular weight is 312 g/mol. The third-order valence-electron chi connectivity index (χ3n) is 2.36. The zero-order valence-corrected chi connectivity index (χ0v) is 10.9. The maximum Gasteiger partial charge on any atom is 0.145 e. The summed E-state index contributed by atoms with van der Waals surface area (Å²) >= 11 is 15.4. The Balaban J connectivity index is 2.63. The van der Waals surface area contributed by atoms with Crippen molar-refractivity contribution in [2.45, 2.75) is 18.9 Å². The van der Waals surface area contributed by atoms with E-state index in [1.807, 2.05) is 0 Å². The van der Waals surface area contributed by atoms with Crippen molar-refractivity contribution in [3.63, 3.8) is 0 Å². The summed E-state index contributed by atoms with van der Waals surface area (Å²) in [5, 5.41) is 10.9. The molecule has 0 amide bonds. The van der Waals surface area contributed by atoms with Gasteiger partial charge >= 0.3 is 0 Å². The third-order valence-corrected chi connectivity index (χ3v) is 3.90. The highest BCUT2D eigenvalue weighted by Gasteiger charge is 2.24. The largest absolute Gasteiger partial charge is 0.492 e. The van der Waals surface area contributed by atoms with Gasteiger partial charge in [-0.3, -0.25) is 0 Å². The van der Waals surface area contributed by atoms with E-state index in [2.05, 4.69) is 15.9 Å². The lowest BCUT2D eigenvalue weighted by Gasteiger charge is -2.15. The van der Waals surface area contributed by atoms with Gasteiger partial charge in [-0.05, 0) is 34.8 Å². The van der Waals surface area contributed by atoms with Gasteiger partial charge in [-0.2, -0.15) is 0 Å². The van der Waals surface area contributed by atoms with Gasteiger partial charge in [0.15, 0.2) is 0 Å². The molecule has 0 radical (unpaired) electrons. The van der Waals surface area contributed by atoms with Crippen molar-refractivity contribution in [1.82, 2.24) is 0 Å². The van der Waals surface area contributed by atoms with Crippen LogP contribution in [0.15, 0.2) is 10.5 Å². The van der Waals surface area contributed by atoms with Crippen molar-refractivity contribution >= 4 is 39.1 Å². The fourth-order valence-electron chi connectivity index (χ4n) is 1.64. The van der Waals surface area contributed by atoms with Gasteiger partial charge in [0.1, 0.15) is 5.75 Å². The smallest absolute Gasteiger partial charge is 0.145 e. The SMILES string of the molecule is OC1CCCOc2c(Cl)cc(Br)c(Cl)c21. The lowest BCUT2D eigenvalue weighted by molar-refractivity contribution is 0.167. The Morgan fingerprint density at radius 2 is 2.20 bits per heavy atom. The normalized spacial score (nSPS) is 20.4. The summed E-state index contributed by atoms with van der Waals surface area (Å²) in [4.78, 5) is 0. The van der Waals surface area contributed by atoms with Crippen molar-refractivity contribution in [3.8, 4) is 5.75 Å². The number of aliphatic hydroxyl groups is 1. The Morgan fingerprint density at radius 1 is 1.47 bits per heavy atom. The van der Waals surface area contributed by atoms with E-state index in [0.29, 0.717) is 38.9 Å². The van der Waals surface area contributed by atoms with Gasteiger partial charge in [0.05, 0.1) is 22.8 Å². The van der Waals surface area contributed by atoms with E-state index in [0.717, 1.165) is 6.42 Å². The molecule has 0 aliphatic carbocycles.